The van der Waals surface area contributed by atoms with Crippen molar-refractivity contribution in [2.45, 2.75) is 37.8 Å². The average Bonchev–Trinajstić information content (AvgIpc) is 2.95. The minimum absolute atomic E-state index is 0.0702. The maximum atomic E-state index is 12.4. The van der Waals surface area contributed by atoms with Crippen LogP contribution >= 0.6 is 0 Å². The molecule has 27 heavy (non-hydrogen) atoms. The molecule has 0 radical (unpaired) electrons. The molecule has 11 heteroatoms. The fourth-order valence-corrected chi connectivity index (χ4v) is 3.24. The Balaban J connectivity index is 2.14. The Hall–Kier alpha value is -2.40. The zero-order chi connectivity index (χ0) is 20.4. The fourth-order valence-electron chi connectivity index (χ4n) is 2.23. The number of amides is 1. The summed E-state index contributed by atoms with van der Waals surface area (Å²) in [5.74, 6) is -0.136. The van der Waals surface area contributed by atoms with Gasteiger partial charge in [-0.1, -0.05) is 19.0 Å². The first-order chi connectivity index (χ1) is 12.4. The number of anilines is 1. The highest BCUT2D eigenvalue weighted by molar-refractivity contribution is 7.89. The number of hydrogen-bond donors (Lipinski definition) is 2. The number of carbonyl (C=O) groups excluding carboxylic acids is 1. The van der Waals surface area contributed by atoms with E-state index in [0.29, 0.717) is 11.5 Å². The third-order valence-electron chi connectivity index (χ3n) is 3.53. The van der Waals surface area contributed by atoms with E-state index in [1.165, 1.54) is 16.9 Å². The molecule has 0 saturated carbocycles. The van der Waals surface area contributed by atoms with Crippen molar-refractivity contribution < 1.29 is 30.9 Å². The zero-order valence-electron chi connectivity index (χ0n) is 14.7. The maximum Gasteiger partial charge on any atom is 0.402 e. The van der Waals surface area contributed by atoms with Gasteiger partial charge in [0.2, 0.25) is 10.0 Å². The number of alkyl halides is 3. The fraction of sp³-hybridized carbons (Fsp3) is 0.375. The van der Waals surface area contributed by atoms with Gasteiger partial charge in [-0.05, 0) is 31.2 Å². The van der Waals surface area contributed by atoms with E-state index in [1.807, 2.05) is 13.8 Å². The van der Waals surface area contributed by atoms with Crippen LogP contribution in [-0.4, -0.2) is 32.2 Å². The van der Waals surface area contributed by atoms with Crippen LogP contribution in [0, 0.1) is 6.92 Å². The molecule has 148 valence electrons. The van der Waals surface area contributed by atoms with Crippen molar-refractivity contribution in [1.29, 1.82) is 0 Å². The smallest absolute Gasteiger partial charge is 0.360 e. The molecule has 1 heterocycles. The molecule has 1 aromatic carbocycles. The molecule has 0 aliphatic heterocycles. The molecule has 1 aromatic heterocycles. The van der Waals surface area contributed by atoms with Crippen LogP contribution in [0.3, 0.4) is 0 Å². The maximum absolute atomic E-state index is 12.4. The van der Waals surface area contributed by atoms with E-state index in [-0.39, 0.29) is 22.1 Å². The molecule has 1 amide bonds. The van der Waals surface area contributed by atoms with Gasteiger partial charge >= 0.3 is 6.18 Å². The van der Waals surface area contributed by atoms with E-state index >= 15 is 0 Å². The summed E-state index contributed by atoms with van der Waals surface area (Å²) in [4.78, 5) is 12.1. The van der Waals surface area contributed by atoms with E-state index in [4.69, 9.17) is 4.52 Å². The van der Waals surface area contributed by atoms with Crippen LogP contribution < -0.4 is 10.0 Å². The van der Waals surface area contributed by atoms with Crippen LogP contribution in [0.15, 0.2) is 33.7 Å². The van der Waals surface area contributed by atoms with E-state index in [2.05, 4.69) is 10.5 Å². The Morgan fingerprint density at radius 3 is 2.33 bits per heavy atom. The quantitative estimate of drug-likeness (QED) is 0.769. The number of rotatable bonds is 6. The third kappa shape index (κ3) is 5.30. The molecule has 0 aliphatic rings. The van der Waals surface area contributed by atoms with Gasteiger partial charge < -0.3 is 9.84 Å². The van der Waals surface area contributed by atoms with Gasteiger partial charge in [0.15, 0.2) is 5.76 Å². The minimum atomic E-state index is -4.66. The van der Waals surface area contributed by atoms with Crippen molar-refractivity contribution in [3.8, 4) is 0 Å². The van der Waals surface area contributed by atoms with Gasteiger partial charge in [-0.25, -0.2) is 13.1 Å². The number of aryl methyl sites for hydroxylation is 1. The number of hydrogen-bond acceptors (Lipinski definition) is 5. The first-order valence-electron chi connectivity index (χ1n) is 7.84. The summed E-state index contributed by atoms with van der Waals surface area (Å²) in [7, 11) is -4.31. The van der Waals surface area contributed by atoms with Gasteiger partial charge in [0.1, 0.15) is 12.1 Å². The molecular formula is C16H18F3N3O4S. The van der Waals surface area contributed by atoms with E-state index < -0.39 is 28.7 Å². The van der Waals surface area contributed by atoms with Gasteiger partial charge in [-0.2, -0.15) is 13.2 Å². The summed E-state index contributed by atoms with van der Waals surface area (Å²) in [6.45, 7) is 3.62. The number of carbonyl (C=O) groups is 1. The van der Waals surface area contributed by atoms with Gasteiger partial charge in [-0.3, -0.25) is 4.79 Å². The monoisotopic (exact) mass is 405 g/mol. The van der Waals surface area contributed by atoms with Crippen LogP contribution in [-0.2, 0) is 10.0 Å². The lowest BCUT2D eigenvalue weighted by atomic mass is 10.0. The highest BCUT2D eigenvalue weighted by Crippen LogP contribution is 2.24. The van der Waals surface area contributed by atoms with Gasteiger partial charge in [0.25, 0.3) is 5.91 Å². The molecule has 7 nitrogen and oxygen atoms in total. The second kappa shape index (κ2) is 7.69. The summed E-state index contributed by atoms with van der Waals surface area (Å²) in [6.07, 6.45) is -4.66. The van der Waals surface area contributed by atoms with Crippen molar-refractivity contribution in [2.75, 3.05) is 11.9 Å². The molecule has 2 rings (SSSR count). The normalized spacial score (nSPS) is 12.4. The van der Waals surface area contributed by atoms with E-state index in [0.717, 1.165) is 12.1 Å². The molecule has 2 N–H and O–H groups in total. The van der Waals surface area contributed by atoms with Crippen LogP contribution in [0.4, 0.5) is 18.9 Å². The van der Waals surface area contributed by atoms with Crippen molar-refractivity contribution in [3.05, 3.63) is 41.3 Å². The molecule has 0 fully saturated rings. The molecular weight excluding hydrogens is 387 g/mol. The van der Waals surface area contributed by atoms with Crippen molar-refractivity contribution in [2.24, 2.45) is 0 Å². The highest BCUT2D eigenvalue weighted by Gasteiger charge is 2.30. The number of aromatic nitrogens is 1. The summed E-state index contributed by atoms with van der Waals surface area (Å²) in [5.41, 5.74) is 0.963. The standard InChI is InChI=1S/C16H18F3N3O4S/c1-9(2)14-13(10(3)22-26-14)15(23)21-11-4-6-12(7-5-11)27(24,25)20-8-16(17,18)19/h4-7,9,20H,8H2,1-3H3,(H,21,23). The molecule has 0 spiro atoms. The number of halogens is 3. The Bertz CT molecular complexity index is 919. The lowest BCUT2D eigenvalue weighted by Gasteiger charge is -2.10. The summed E-state index contributed by atoms with van der Waals surface area (Å²) in [6, 6.07) is 4.74. The number of nitrogens with zero attached hydrogens (tertiary/aromatic N) is 1. The van der Waals surface area contributed by atoms with Crippen LogP contribution in [0.1, 0.15) is 41.6 Å². The summed E-state index contributed by atoms with van der Waals surface area (Å²) in [5, 5.41) is 6.35. The molecule has 0 bridgehead atoms. The van der Waals surface area contributed by atoms with Crippen molar-refractivity contribution >= 4 is 21.6 Å². The Labute approximate surface area is 154 Å². The predicted octanol–water partition coefficient (Wildman–Crippen LogP) is 3.20. The number of sulfonamides is 1. The number of benzene rings is 1. The lowest BCUT2D eigenvalue weighted by molar-refractivity contribution is -0.121. The number of nitrogens with one attached hydrogen (secondary N) is 2. The van der Waals surface area contributed by atoms with Gasteiger partial charge in [0.05, 0.1) is 10.6 Å². The molecule has 0 unspecified atom stereocenters. The Morgan fingerprint density at radius 2 is 1.81 bits per heavy atom. The highest BCUT2D eigenvalue weighted by atomic mass is 32.2. The van der Waals surface area contributed by atoms with E-state index in [1.54, 1.807) is 6.92 Å². The summed E-state index contributed by atoms with van der Waals surface area (Å²) < 4.78 is 66.8. The van der Waals surface area contributed by atoms with Crippen molar-refractivity contribution in [3.63, 3.8) is 0 Å². The Morgan fingerprint density at radius 1 is 1.22 bits per heavy atom. The molecule has 0 atom stereocenters. The first-order valence-corrected chi connectivity index (χ1v) is 9.33. The van der Waals surface area contributed by atoms with Crippen LogP contribution in [0.2, 0.25) is 0 Å². The average molecular weight is 405 g/mol. The third-order valence-corrected chi connectivity index (χ3v) is 4.94. The predicted molar refractivity (Wildman–Crippen MR) is 91.0 cm³/mol. The van der Waals surface area contributed by atoms with Crippen LogP contribution in [0.5, 0.6) is 0 Å². The molecule has 0 aliphatic carbocycles. The lowest BCUT2D eigenvalue weighted by Crippen LogP contribution is -2.33. The minimum Gasteiger partial charge on any atom is -0.360 e. The first kappa shape index (κ1) is 20.9. The van der Waals surface area contributed by atoms with Crippen molar-refractivity contribution in [1.82, 2.24) is 9.88 Å². The zero-order valence-corrected chi connectivity index (χ0v) is 15.5. The Kier molecular flexibility index (Phi) is 5.95. The van der Waals surface area contributed by atoms with Crippen LogP contribution in [0.25, 0.3) is 0 Å². The van der Waals surface area contributed by atoms with Gasteiger partial charge in [0, 0.05) is 11.6 Å². The topological polar surface area (TPSA) is 101 Å². The van der Waals surface area contributed by atoms with Gasteiger partial charge in [-0.15, -0.1) is 0 Å². The second-order valence-corrected chi connectivity index (χ2v) is 7.85. The molecule has 2 aromatic rings. The SMILES string of the molecule is Cc1noc(C(C)C)c1C(=O)Nc1ccc(S(=O)(=O)NCC(F)(F)F)cc1. The molecule has 0 saturated heterocycles. The summed E-state index contributed by atoms with van der Waals surface area (Å²) >= 11 is 0. The largest absolute Gasteiger partial charge is 0.402 e. The van der Waals surface area contributed by atoms with E-state index in [9.17, 15) is 26.4 Å². The second-order valence-electron chi connectivity index (χ2n) is 6.08.